The van der Waals surface area contributed by atoms with Gasteiger partial charge in [0.05, 0.1) is 19.2 Å². The van der Waals surface area contributed by atoms with Gasteiger partial charge in [0.25, 0.3) is 0 Å². The van der Waals surface area contributed by atoms with Gasteiger partial charge in [-0.25, -0.2) is 0 Å². The fraction of sp³-hybridized carbons (Fsp3) is 0.562. The van der Waals surface area contributed by atoms with Gasteiger partial charge >= 0.3 is 0 Å². The van der Waals surface area contributed by atoms with Crippen molar-refractivity contribution in [2.75, 3.05) is 26.8 Å². The van der Waals surface area contributed by atoms with Crippen molar-refractivity contribution in [1.29, 1.82) is 0 Å². The third kappa shape index (κ3) is 8.71. The molecule has 1 unspecified atom stereocenters. The lowest BCUT2D eigenvalue weighted by Gasteiger charge is -2.21. The first-order valence-corrected chi connectivity index (χ1v) is 7.17. The highest BCUT2D eigenvalue weighted by Crippen LogP contribution is 2.20. The van der Waals surface area contributed by atoms with E-state index in [1.807, 2.05) is 18.2 Å². The lowest BCUT2D eigenvalue weighted by molar-refractivity contribution is -0.121. The molecular formula is C16H27ClN2O2. The summed E-state index contributed by atoms with van der Waals surface area (Å²) in [4.78, 5) is 12.0. The Morgan fingerprint density at radius 1 is 1.24 bits per heavy atom. The molecule has 1 aromatic carbocycles. The van der Waals surface area contributed by atoms with Crippen LogP contribution in [0.25, 0.3) is 0 Å². The smallest absolute Gasteiger partial charge is 0.234 e. The van der Waals surface area contributed by atoms with E-state index in [2.05, 4.69) is 36.6 Å². The fourth-order valence-electron chi connectivity index (χ4n) is 2.06. The molecule has 1 aromatic rings. The number of nitrogens with one attached hydrogen (secondary N) is 2. The Labute approximate surface area is 134 Å². The molecule has 0 aliphatic heterocycles. The average molecular weight is 315 g/mol. The number of hydrogen-bond acceptors (Lipinski definition) is 3. The predicted octanol–water partition coefficient (Wildman–Crippen LogP) is 2.55. The van der Waals surface area contributed by atoms with Crippen molar-refractivity contribution >= 4 is 18.3 Å². The molecule has 0 heterocycles. The SMILES string of the molecule is COCCNCC(=O)NC(CC(C)C)c1ccccc1.Cl. The third-order valence-electron chi connectivity index (χ3n) is 3.01. The van der Waals surface area contributed by atoms with Gasteiger partial charge in [-0.05, 0) is 17.9 Å². The zero-order valence-corrected chi connectivity index (χ0v) is 13.9. The molecule has 21 heavy (non-hydrogen) atoms. The van der Waals surface area contributed by atoms with Crippen LogP contribution >= 0.6 is 12.4 Å². The average Bonchev–Trinajstić information content (AvgIpc) is 2.43. The van der Waals surface area contributed by atoms with Gasteiger partial charge < -0.3 is 15.4 Å². The predicted molar refractivity (Wildman–Crippen MR) is 88.8 cm³/mol. The van der Waals surface area contributed by atoms with Crippen LogP contribution in [0.4, 0.5) is 0 Å². The minimum absolute atomic E-state index is 0. The lowest BCUT2D eigenvalue weighted by atomic mass is 9.97. The largest absolute Gasteiger partial charge is 0.383 e. The number of methoxy groups -OCH3 is 1. The van der Waals surface area contributed by atoms with E-state index in [1.54, 1.807) is 7.11 Å². The van der Waals surface area contributed by atoms with Crippen LogP contribution in [0.1, 0.15) is 31.9 Å². The lowest BCUT2D eigenvalue weighted by Crippen LogP contribution is -2.37. The van der Waals surface area contributed by atoms with Gasteiger partial charge in [-0.15, -0.1) is 12.4 Å². The van der Waals surface area contributed by atoms with Crippen LogP contribution in [0.2, 0.25) is 0 Å². The molecular weight excluding hydrogens is 288 g/mol. The van der Waals surface area contributed by atoms with Crippen molar-refractivity contribution in [2.24, 2.45) is 5.92 Å². The second-order valence-corrected chi connectivity index (χ2v) is 5.33. The van der Waals surface area contributed by atoms with Gasteiger partial charge in [-0.2, -0.15) is 0 Å². The van der Waals surface area contributed by atoms with E-state index in [1.165, 1.54) is 0 Å². The highest BCUT2D eigenvalue weighted by atomic mass is 35.5. The number of carbonyl (C=O) groups excluding carboxylic acids is 1. The van der Waals surface area contributed by atoms with Crippen LogP contribution in [-0.2, 0) is 9.53 Å². The molecule has 1 rings (SSSR count). The van der Waals surface area contributed by atoms with Crippen LogP contribution in [0.3, 0.4) is 0 Å². The Morgan fingerprint density at radius 3 is 2.48 bits per heavy atom. The molecule has 1 amide bonds. The highest BCUT2D eigenvalue weighted by Gasteiger charge is 2.15. The van der Waals surface area contributed by atoms with Crippen molar-refractivity contribution in [2.45, 2.75) is 26.3 Å². The van der Waals surface area contributed by atoms with E-state index in [9.17, 15) is 4.79 Å². The summed E-state index contributed by atoms with van der Waals surface area (Å²) in [7, 11) is 1.65. The van der Waals surface area contributed by atoms with Gasteiger partial charge in [-0.3, -0.25) is 4.79 Å². The van der Waals surface area contributed by atoms with E-state index >= 15 is 0 Å². The number of rotatable bonds is 9. The molecule has 0 aliphatic carbocycles. The van der Waals surface area contributed by atoms with E-state index in [-0.39, 0.29) is 24.4 Å². The summed E-state index contributed by atoms with van der Waals surface area (Å²) < 4.78 is 4.93. The molecule has 0 spiro atoms. The Kier molecular flexibility index (Phi) is 10.9. The maximum atomic E-state index is 12.0. The minimum Gasteiger partial charge on any atom is -0.383 e. The van der Waals surface area contributed by atoms with Crippen molar-refractivity contribution in [1.82, 2.24) is 10.6 Å². The second kappa shape index (κ2) is 11.5. The number of amides is 1. The highest BCUT2D eigenvalue weighted by molar-refractivity contribution is 5.85. The zero-order valence-electron chi connectivity index (χ0n) is 13.1. The molecule has 120 valence electrons. The Morgan fingerprint density at radius 2 is 1.90 bits per heavy atom. The van der Waals surface area contributed by atoms with Gasteiger partial charge in [-0.1, -0.05) is 44.2 Å². The zero-order chi connectivity index (χ0) is 14.8. The van der Waals surface area contributed by atoms with Crippen LogP contribution in [-0.4, -0.2) is 32.7 Å². The van der Waals surface area contributed by atoms with E-state index in [0.717, 1.165) is 12.0 Å². The molecule has 2 N–H and O–H groups in total. The van der Waals surface area contributed by atoms with Gasteiger partial charge in [0.1, 0.15) is 0 Å². The number of halogens is 1. The molecule has 4 nitrogen and oxygen atoms in total. The minimum atomic E-state index is 0. The number of benzene rings is 1. The van der Waals surface area contributed by atoms with E-state index in [0.29, 0.717) is 25.6 Å². The van der Waals surface area contributed by atoms with Crippen molar-refractivity contribution < 1.29 is 9.53 Å². The quantitative estimate of drug-likeness (QED) is 0.689. The molecule has 0 saturated heterocycles. The molecule has 0 bridgehead atoms. The van der Waals surface area contributed by atoms with Gasteiger partial charge in [0, 0.05) is 13.7 Å². The Bertz CT molecular complexity index is 385. The molecule has 5 heteroatoms. The summed E-state index contributed by atoms with van der Waals surface area (Å²) in [6.07, 6.45) is 0.938. The topological polar surface area (TPSA) is 50.4 Å². The summed E-state index contributed by atoms with van der Waals surface area (Å²) in [5.41, 5.74) is 1.16. The monoisotopic (exact) mass is 314 g/mol. The van der Waals surface area contributed by atoms with Gasteiger partial charge in [0.15, 0.2) is 0 Å². The molecule has 1 atom stereocenters. The summed E-state index contributed by atoms with van der Waals surface area (Å²) in [6, 6.07) is 10.2. The summed E-state index contributed by atoms with van der Waals surface area (Å²) in [5.74, 6) is 0.553. The van der Waals surface area contributed by atoms with Crippen LogP contribution in [0, 0.1) is 5.92 Å². The molecule has 0 saturated carbocycles. The Hall–Kier alpha value is -1.10. The summed E-state index contributed by atoms with van der Waals surface area (Å²) in [6.45, 7) is 5.95. The first-order chi connectivity index (χ1) is 9.63. The van der Waals surface area contributed by atoms with Crippen molar-refractivity contribution in [3.63, 3.8) is 0 Å². The van der Waals surface area contributed by atoms with E-state index < -0.39 is 0 Å². The number of ether oxygens (including phenoxy) is 1. The molecule has 0 aliphatic rings. The molecule has 0 radical (unpaired) electrons. The van der Waals surface area contributed by atoms with Crippen molar-refractivity contribution in [3.8, 4) is 0 Å². The normalized spacial score (nSPS) is 11.8. The third-order valence-corrected chi connectivity index (χ3v) is 3.01. The van der Waals surface area contributed by atoms with Crippen LogP contribution < -0.4 is 10.6 Å². The summed E-state index contributed by atoms with van der Waals surface area (Å²) >= 11 is 0. The Balaban J connectivity index is 0.00000400. The first-order valence-electron chi connectivity index (χ1n) is 7.17. The fourth-order valence-corrected chi connectivity index (χ4v) is 2.06. The summed E-state index contributed by atoms with van der Waals surface area (Å²) in [5, 5.41) is 6.16. The maximum Gasteiger partial charge on any atom is 0.234 e. The second-order valence-electron chi connectivity index (χ2n) is 5.33. The number of carbonyl (C=O) groups is 1. The van der Waals surface area contributed by atoms with Crippen LogP contribution in [0.5, 0.6) is 0 Å². The van der Waals surface area contributed by atoms with Gasteiger partial charge in [0.2, 0.25) is 5.91 Å². The van der Waals surface area contributed by atoms with Crippen molar-refractivity contribution in [3.05, 3.63) is 35.9 Å². The van der Waals surface area contributed by atoms with Crippen LogP contribution in [0.15, 0.2) is 30.3 Å². The first kappa shape index (κ1) is 19.9. The maximum absolute atomic E-state index is 12.0. The number of hydrogen-bond donors (Lipinski definition) is 2. The molecule has 0 fully saturated rings. The van der Waals surface area contributed by atoms with E-state index in [4.69, 9.17) is 4.74 Å². The molecule has 0 aromatic heterocycles. The standard InChI is InChI=1S/C16H26N2O2.ClH/c1-13(2)11-15(14-7-5-4-6-8-14)18-16(19)12-17-9-10-20-3;/h4-8,13,15,17H,9-12H2,1-3H3,(H,18,19);1H.